The highest BCUT2D eigenvalue weighted by atomic mass is 79.9. The zero-order valence-electron chi connectivity index (χ0n) is 8.51. The number of halogens is 2. The Bertz CT molecular complexity index is 366. The zero-order chi connectivity index (χ0) is 11.4. The zero-order valence-corrected chi connectivity index (χ0v) is 10.1. The summed E-state index contributed by atoms with van der Waals surface area (Å²) in [6.07, 6.45) is 0. The first kappa shape index (κ1) is 12.2. The Balaban J connectivity index is 2.99. The number of alkyl halides is 1. The van der Waals surface area contributed by atoms with Gasteiger partial charge in [-0.3, -0.25) is 9.18 Å². The lowest BCUT2D eigenvalue weighted by Gasteiger charge is -2.09. The van der Waals surface area contributed by atoms with Crippen LogP contribution in [0.1, 0.15) is 19.4 Å². The van der Waals surface area contributed by atoms with E-state index in [1.54, 1.807) is 25.1 Å². The fourth-order valence-corrected chi connectivity index (χ4v) is 1.58. The average molecular weight is 274 g/mol. The van der Waals surface area contributed by atoms with Crippen molar-refractivity contribution >= 4 is 21.9 Å². The van der Waals surface area contributed by atoms with Gasteiger partial charge >= 0.3 is 5.97 Å². The molecular formula is C11H11BrFO2. The molecule has 0 aliphatic rings. The summed E-state index contributed by atoms with van der Waals surface area (Å²) in [4.78, 5) is 10.8. The van der Waals surface area contributed by atoms with Gasteiger partial charge in [-0.1, -0.05) is 22.9 Å². The maximum Gasteiger partial charge on any atom is 0.308 e. The van der Waals surface area contributed by atoms with Crippen LogP contribution in [0, 0.1) is 5.92 Å². The molecule has 0 heterocycles. The fourth-order valence-electron chi connectivity index (χ4n) is 1.11. The van der Waals surface area contributed by atoms with Crippen molar-refractivity contribution in [2.24, 2.45) is 0 Å². The summed E-state index contributed by atoms with van der Waals surface area (Å²) in [6.45, 7) is 2.50. The fraction of sp³-hybridized carbons (Fsp3) is 0.273. The molecule has 1 aromatic rings. The van der Waals surface area contributed by atoms with Gasteiger partial charge in [0.2, 0.25) is 0 Å². The first-order chi connectivity index (χ1) is 7.02. The first-order valence-electron chi connectivity index (χ1n) is 4.40. The van der Waals surface area contributed by atoms with Crippen LogP contribution < -0.4 is 4.74 Å². The van der Waals surface area contributed by atoms with Gasteiger partial charge in [0, 0.05) is 17.3 Å². The van der Waals surface area contributed by atoms with Gasteiger partial charge < -0.3 is 4.74 Å². The van der Waals surface area contributed by atoms with Gasteiger partial charge in [-0.05, 0) is 23.8 Å². The smallest absolute Gasteiger partial charge is 0.308 e. The average Bonchev–Trinajstić information content (AvgIpc) is 2.14. The van der Waals surface area contributed by atoms with Gasteiger partial charge in [0.1, 0.15) is 5.75 Å². The second-order valence-corrected chi connectivity index (χ2v) is 4.10. The molecule has 0 N–H and O–H groups in total. The van der Waals surface area contributed by atoms with E-state index in [-0.39, 0.29) is 0 Å². The van der Waals surface area contributed by atoms with E-state index in [0.29, 0.717) is 11.7 Å². The van der Waals surface area contributed by atoms with E-state index in [9.17, 15) is 9.18 Å². The predicted octanol–water partition coefficient (Wildman–Crippen LogP) is 3.29. The molecule has 1 radical (unpaired) electrons. The summed E-state index contributed by atoms with van der Waals surface area (Å²) in [6, 6.07) is 5.08. The second-order valence-electron chi connectivity index (χ2n) is 3.18. The molecule has 0 aliphatic carbocycles. The largest absolute Gasteiger partial charge is 0.427 e. The van der Waals surface area contributed by atoms with Crippen molar-refractivity contribution in [2.45, 2.75) is 13.8 Å². The molecule has 0 bridgehead atoms. The number of carbonyl (C=O) groups excluding carboxylic acids is 1. The second kappa shape index (κ2) is 5.26. The molecule has 81 valence electrons. The summed E-state index contributed by atoms with van der Waals surface area (Å²) in [7, 11) is 0. The summed E-state index contributed by atoms with van der Waals surface area (Å²) in [5, 5.41) is 0. The predicted molar refractivity (Wildman–Crippen MR) is 59.4 cm³/mol. The van der Waals surface area contributed by atoms with E-state index in [2.05, 4.69) is 15.9 Å². The van der Waals surface area contributed by atoms with Gasteiger partial charge in [0.15, 0.2) is 0 Å². The third kappa shape index (κ3) is 3.63. The van der Waals surface area contributed by atoms with Crippen molar-refractivity contribution < 1.29 is 13.9 Å². The van der Waals surface area contributed by atoms with E-state index < -0.39 is 12.6 Å². The maximum absolute atomic E-state index is 12.4. The van der Waals surface area contributed by atoms with E-state index in [1.165, 1.54) is 6.92 Å². The number of esters is 1. The molecule has 1 aromatic carbocycles. The quantitative estimate of drug-likeness (QED) is 0.624. The monoisotopic (exact) mass is 273 g/mol. The number of carbonyl (C=O) groups is 1. The first-order valence-corrected chi connectivity index (χ1v) is 5.20. The highest BCUT2D eigenvalue weighted by Gasteiger charge is 2.09. The number of hydrogen-bond donors (Lipinski definition) is 0. The molecule has 4 heteroatoms. The lowest BCUT2D eigenvalue weighted by atomic mass is 10.0. The van der Waals surface area contributed by atoms with Crippen molar-refractivity contribution in [2.75, 3.05) is 6.67 Å². The van der Waals surface area contributed by atoms with Crippen LogP contribution in [0.25, 0.3) is 0 Å². The van der Waals surface area contributed by atoms with Crippen LogP contribution in [0.3, 0.4) is 0 Å². The summed E-state index contributed by atoms with van der Waals surface area (Å²) >= 11 is 3.27. The lowest BCUT2D eigenvalue weighted by molar-refractivity contribution is -0.131. The Morgan fingerprint density at radius 2 is 2.07 bits per heavy atom. The number of hydrogen-bond acceptors (Lipinski definition) is 2. The Morgan fingerprint density at radius 1 is 1.40 bits per heavy atom. The summed E-state index contributed by atoms with van der Waals surface area (Å²) in [5.41, 5.74) is 0.725. The van der Waals surface area contributed by atoms with E-state index in [4.69, 9.17) is 4.74 Å². The minimum absolute atomic E-state index is 0.392. The Labute approximate surface area is 96.6 Å². The van der Waals surface area contributed by atoms with Gasteiger partial charge in [-0.15, -0.1) is 0 Å². The number of benzene rings is 1. The molecular weight excluding hydrogens is 263 g/mol. The Morgan fingerprint density at radius 3 is 2.60 bits per heavy atom. The minimum Gasteiger partial charge on any atom is -0.427 e. The molecule has 0 amide bonds. The van der Waals surface area contributed by atoms with Crippen LogP contribution in [0.15, 0.2) is 22.7 Å². The van der Waals surface area contributed by atoms with E-state index in [1.807, 2.05) is 0 Å². The van der Waals surface area contributed by atoms with Crippen molar-refractivity contribution in [1.82, 2.24) is 0 Å². The third-order valence-electron chi connectivity index (χ3n) is 1.83. The van der Waals surface area contributed by atoms with Crippen molar-refractivity contribution in [3.63, 3.8) is 0 Å². The van der Waals surface area contributed by atoms with Crippen molar-refractivity contribution in [1.29, 1.82) is 0 Å². The van der Waals surface area contributed by atoms with E-state index in [0.717, 1.165) is 10.0 Å². The maximum atomic E-state index is 12.4. The molecule has 2 nitrogen and oxygen atoms in total. The highest BCUT2D eigenvalue weighted by Crippen LogP contribution is 2.26. The third-order valence-corrected chi connectivity index (χ3v) is 2.28. The van der Waals surface area contributed by atoms with E-state index >= 15 is 0 Å². The van der Waals surface area contributed by atoms with Gasteiger partial charge in [0.05, 0.1) is 6.67 Å². The highest BCUT2D eigenvalue weighted by molar-refractivity contribution is 9.10. The molecule has 0 unspecified atom stereocenters. The number of ether oxygens (including phenoxy) is 1. The lowest BCUT2D eigenvalue weighted by Crippen LogP contribution is -2.03. The van der Waals surface area contributed by atoms with Crippen LogP contribution in [-0.4, -0.2) is 12.6 Å². The van der Waals surface area contributed by atoms with Crippen molar-refractivity contribution in [3.8, 4) is 5.75 Å². The normalized spacial score (nSPS) is 10.5. The Hall–Kier alpha value is -0.900. The topological polar surface area (TPSA) is 26.3 Å². The van der Waals surface area contributed by atoms with Crippen LogP contribution in [0.4, 0.5) is 4.39 Å². The molecule has 1 rings (SSSR count). The summed E-state index contributed by atoms with van der Waals surface area (Å²) in [5.74, 6) is 0.626. The van der Waals surface area contributed by atoms with Gasteiger partial charge in [0.25, 0.3) is 0 Å². The van der Waals surface area contributed by atoms with Crippen LogP contribution >= 0.6 is 15.9 Å². The molecule has 0 spiro atoms. The molecule has 15 heavy (non-hydrogen) atoms. The minimum atomic E-state index is -0.518. The molecule has 0 saturated heterocycles. The summed E-state index contributed by atoms with van der Waals surface area (Å²) < 4.78 is 18.1. The van der Waals surface area contributed by atoms with Crippen molar-refractivity contribution in [3.05, 3.63) is 34.2 Å². The SMILES string of the molecule is C[C](CF)c1cc(Br)cc(OC(C)=O)c1. The standard InChI is InChI=1S/C11H11BrFO2/c1-7(6-13)9-3-10(12)5-11(4-9)15-8(2)14/h3-5H,6H2,1-2H3. The van der Waals surface area contributed by atoms with Gasteiger partial charge in [-0.25, -0.2) is 0 Å². The molecule has 0 aliphatic heterocycles. The van der Waals surface area contributed by atoms with Crippen LogP contribution in [0.5, 0.6) is 5.75 Å². The van der Waals surface area contributed by atoms with Crippen LogP contribution in [-0.2, 0) is 4.79 Å². The molecule has 0 fully saturated rings. The van der Waals surface area contributed by atoms with Crippen LogP contribution in [0.2, 0.25) is 0 Å². The number of rotatable bonds is 3. The Kier molecular flexibility index (Phi) is 4.27. The molecule has 0 atom stereocenters. The van der Waals surface area contributed by atoms with Gasteiger partial charge in [-0.2, -0.15) is 0 Å². The molecule has 0 saturated carbocycles. The molecule has 0 aromatic heterocycles.